The Kier molecular flexibility index (Phi) is 4.56. The summed E-state index contributed by atoms with van der Waals surface area (Å²) < 4.78 is 6.52. The van der Waals surface area contributed by atoms with Gasteiger partial charge in [-0.2, -0.15) is 0 Å². The average molecular weight is 323 g/mol. The van der Waals surface area contributed by atoms with Gasteiger partial charge in [-0.05, 0) is 29.8 Å². The number of hydrogen-bond acceptors (Lipinski definition) is 4. The van der Waals surface area contributed by atoms with E-state index in [0.717, 1.165) is 11.3 Å². The lowest BCUT2D eigenvalue weighted by Gasteiger charge is -2.10. The third-order valence-corrected chi connectivity index (χ3v) is 3.70. The summed E-state index contributed by atoms with van der Waals surface area (Å²) in [4.78, 5) is 28.3. The first-order chi connectivity index (χ1) is 11.7. The van der Waals surface area contributed by atoms with Crippen LogP contribution in [0.5, 0.6) is 5.75 Å². The number of nitrogens with zero attached hydrogens (tertiary/aromatic N) is 2. The number of amides is 1. The molecule has 0 aliphatic heterocycles. The quantitative estimate of drug-likeness (QED) is 0.776. The summed E-state index contributed by atoms with van der Waals surface area (Å²) in [5, 5.41) is 2.82. The summed E-state index contributed by atoms with van der Waals surface area (Å²) in [6, 6.07) is 14.7. The fourth-order valence-corrected chi connectivity index (χ4v) is 2.42. The van der Waals surface area contributed by atoms with Crippen molar-refractivity contribution >= 4 is 16.9 Å². The Balaban J connectivity index is 1.71. The van der Waals surface area contributed by atoms with Gasteiger partial charge in [-0.3, -0.25) is 14.2 Å². The van der Waals surface area contributed by atoms with Crippen LogP contribution in [0.2, 0.25) is 0 Å². The van der Waals surface area contributed by atoms with Crippen molar-refractivity contribution in [3.63, 3.8) is 0 Å². The SMILES string of the molecule is COc1ccc(CNC(=O)Cn2c(=O)cnc3ccccc32)cc1. The van der Waals surface area contributed by atoms with Gasteiger partial charge < -0.3 is 10.1 Å². The fourth-order valence-electron chi connectivity index (χ4n) is 2.42. The minimum Gasteiger partial charge on any atom is -0.497 e. The average Bonchev–Trinajstić information content (AvgIpc) is 2.63. The van der Waals surface area contributed by atoms with Crippen molar-refractivity contribution in [2.75, 3.05) is 7.11 Å². The summed E-state index contributed by atoms with van der Waals surface area (Å²) >= 11 is 0. The Labute approximate surface area is 138 Å². The number of carbonyl (C=O) groups excluding carboxylic acids is 1. The molecule has 0 saturated carbocycles. The van der Waals surface area contributed by atoms with E-state index in [0.29, 0.717) is 17.6 Å². The maximum atomic E-state index is 12.2. The molecule has 3 aromatic rings. The minimum absolute atomic E-state index is 0.0436. The lowest BCUT2D eigenvalue weighted by Crippen LogP contribution is -2.32. The number of nitrogens with one attached hydrogen (secondary N) is 1. The molecule has 1 aromatic heterocycles. The van der Waals surface area contributed by atoms with E-state index in [1.165, 1.54) is 10.8 Å². The highest BCUT2D eigenvalue weighted by atomic mass is 16.5. The van der Waals surface area contributed by atoms with Crippen molar-refractivity contribution in [3.05, 3.63) is 70.6 Å². The molecule has 0 fully saturated rings. The van der Waals surface area contributed by atoms with E-state index in [1.807, 2.05) is 36.4 Å². The van der Waals surface area contributed by atoms with Gasteiger partial charge in [-0.15, -0.1) is 0 Å². The Bertz CT molecular complexity index is 917. The van der Waals surface area contributed by atoms with Crippen LogP contribution < -0.4 is 15.6 Å². The van der Waals surface area contributed by atoms with E-state index in [2.05, 4.69) is 10.3 Å². The van der Waals surface area contributed by atoms with Gasteiger partial charge in [0.1, 0.15) is 12.3 Å². The third-order valence-electron chi connectivity index (χ3n) is 3.70. The number of fused-ring (bicyclic) bond motifs is 1. The highest BCUT2D eigenvalue weighted by Crippen LogP contribution is 2.11. The normalized spacial score (nSPS) is 10.5. The molecule has 0 aliphatic rings. The van der Waals surface area contributed by atoms with Gasteiger partial charge in [0.25, 0.3) is 5.56 Å². The maximum absolute atomic E-state index is 12.2. The van der Waals surface area contributed by atoms with E-state index in [1.54, 1.807) is 19.2 Å². The molecular weight excluding hydrogens is 306 g/mol. The van der Waals surface area contributed by atoms with Gasteiger partial charge in [0.2, 0.25) is 5.91 Å². The van der Waals surface area contributed by atoms with Crippen LogP contribution in [0.25, 0.3) is 11.0 Å². The Morgan fingerprint density at radius 1 is 1.17 bits per heavy atom. The first-order valence-corrected chi connectivity index (χ1v) is 7.51. The topological polar surface area (TPSA) is 73.2 Å². The smallest absolute Gasteiger partial charge is 0.269 e. The minimum atomic E-state index is -0.298. The summed E-state index contributed by atoms with van der Waals surface area (Å²) in [6.07, 6.45) is 1.24. The molecule has 1 amide bonds. The van der Waals surface area contributed by atoms with Gasteiger partial charge in [-0.1, -0.05) is 24.3 Å². The van der Waals surface area contributed by atoms with Gasteiger partial charge >= 0.3 is 0 Å². The largest absolute Gasteiger partial charge is 0.497 e. The molecule has 6 nitrogen and oxygen atoms in total. The van der Waals surface area contributed by atoms with Crippen LogP contribution >= 0.6 is 0 Å². The second kappa shape index (κ2) is 6.95. The standard InChI is InChI=1S/C18H17N3O3/c1-24-14-8-6-13(7-9-14)10-20-17(22)12-21-16-5-3-2-4-15(16)19-11-18(21)23/h2-9,11H,10,12H2,1H3,(H,20,22). The molecular formula is C18H17N3O3. The number of rotatable bonds is 5. The van der Waals surface area contributed by atoms with E-state index < -0.39 is 0 Å². The van der Waals surface area contributed by atoms with Crippen molar-refractivity contribution in [1.29, 1.82) is 0 Å². The number of benzene rings is 2. The predicted molar refractivity (Wildman–Crippen MR) is 90.8 cm³/mol. The second-order valence-corrected chi connectivity index (χ2v) is 5.30. The molecule has 0 spiro atoms. The zero-order valence-corrected chi connectivity index (χ0v) is 13.2. The highest BCUT2D eigenvalue weighted by Gasteiger charge is 2.08. The number of carbonyl (C=O) groups is 1. The highest BCUT2D eigenvalue weighted by molar-refractivity contribution is 5.79. The van der Waals surface area contributed by atoms with Gasteiger partial charge in [0.05, 0.1) is 24.3 Å². The van der Waals surface area contributed by atoms with Crippen LogP contribution in [0.15, 0.2) is 59.5 Å². The second-order valence-electron chi connectivity index (χ2n) is 5.30. The van der Waals surface area contributed by atoms with Crippen LogP contribution in [-0.4, -0.2) is 22.6 Å². The van der Waals surface area contributed by atoms with Crippen molar-refractivity contribution < 1.29 is 9.53 Å². The van der Waals surface area contributed by atoms with Crippen LogP contribution in [0.1, 0.15) is 5.56 Å². The summed E-state index contributed by atoms with van der Waals surface area (Å²) in [6.45, 7) is 0.346. The summed E-state index contributed by atoms with van der Waals surface area (Å²) in [7, 11) is 1.60. The third kappa shape index (κ3) is 3.43. The van der Waals surface area contributed by atoms with Crippen LogP contribution in [0.4, 0.5) is 0 Å². The number of hydrogen-bond donors (Lipinski definition) is 1. The zero-order chi connectivity index (χ0) is 16.9. The van der Waals surface area contributed by atoms with Gasteiger partial charge in [0.15, 0.2) is 0 Å². The molecule has 1 heterocycles. The van der Waals surface area contributed by atoms with Gasteiger partial charge in [0, 0.05) is 6.54 Å². The molecule has 0 radical (unpaired) electrons. The van der Waals surface area contributed by atoms with E-state index in [-0.39, 0.29) is 18.0 Å². The Morgan fingerprint density at radius 2 is 1.92 bits per heavy atom. The van der Waals surface area contributed by atoms with Crippen molar-refractivity contribution in [2.24, 2.45) is 0 Å². The monoisotopic (exact) mass is 323 g/mol. The first-order valence-electron chi connectivity index (χ1n) is 7.51. The van der Waals surface area contributed by atoms with Crippen LogP contribution in [0, 0.1) is 0 Å². The molecule has 24 heavy (non-hydrogen) atoms. The summed E-state index contributed by atoms with van der Waals surface area (Å²) in [5.41, 5.74) is 1.98. The molecule has 3 rings (SSSR count). The number of methoxy groups -OCH3 is 1. The molecule has 122 valence electrons. The molecule has 0 unspecified atom stereocenters. The van der Waals surface area contributed by atoms with E-state index in [4.69, 9.17) is 4.74 Å². The maximum Gasteiger partial charge on any atom is 0.269 e. The van der Waals surface area contributed by atoms with Gasteiger partial charge in [-0.25, -0.2) is 4.98 Å². The molecule has 1 N–H and O–H groups in total. The van der Waals surface area contributed by atoms with E-state index in [9.17, 15) is 9.59 Å². The Morgan fingerprint density at radius 3 is 2.67 bits per heavy atom. The molecule has 0 saturated heterocycles. The number of ether oxygens (including phenoxy) is 1. The lowest BCUT2D eigenvalue weighted by molar-refractivity contribution is -0.121. The van der Waals surface area contributed by atoms with Crippen molar-refractivity contribution in [3.8, 4) is 5.75 Å². The van der Waals surface area contributed by atoms with Crippen LogP contribution in [-0.2, 0) is 17.9 Å². The van der Waals surface area contributed by atoms with Crippen molar-refractivity contribution in [2.45, 2.75) is 13.1 Å². The van der Waals surface area contributed by atoms with E-state index >= 15 is 0 Å². The predicted octanol–water partition coefficient (Wildman–Crippen LogP) is 1.72. The molecule has 0 atom stereocenters. The summed E-state index contributed by atoms with van der Waals surface area (Å²) in [5.74, 6) is 0.532. The molecule has 6 heteroatoms. The lowest BCUT2D eigenvalue weighted by atomic mass is 10.2. The number of aromatic nitrogens is 2. The number of para-hydroxylation sites is 2. The molecule has 0 aliphatic carbocycles. The first kappa shape index (κ1) is 15.7. The van der Waals surface area contributed by atoms with Crippen LogP contribution in [0.3, 0.4) is 0 Å². The Hall–Kier alpha value is -3.15. The molecule has 0 bridgehead atoms. The molecule has 2 aromatic carbocycles. The zero-order valence-electron chi connectivity index (χ0n) is 13.2. The fraction of sp³-hybridized carbons (Fsp3) is 0.167. The van der Waals surface area contributed by atoms with Crippen molar-refractivity contribution in [1.82, 2.24) is 14.9 Å².